The van der Waals surface area contributed by atoms with Crippen molar-refractivity contribution in [2.45, 2.75) is 26.2 Å². The Morgan fingerprint density at radius 1 is 1.10 bits per heavy atom. The number of H-pyrrole nitrogens is 1. The fourth-order valence-corrected chi connectivity index (χ4v) is 3.81. The van der Waals surface area contributed by atoms with Crippen LogP contribution in [-0.2, 0) is 4.74 Å². The highest BCUT2D eigenvalue weighted by Gasteiger charge is 2.15. The number of aromatic amines is 1. The molecule has 2 aromatic carbocycles. The molecule has 1 aromatic heterocycles. The summed E-state index contributed by atoms with van der Waals surface area (Å²) < 4.78 is 5.49. The lowest BCUT2D eigenvalue weighted by atomic mass is 9.99. The van der Waals surface area contributed by atoms with E-state index in [-0.39, 0.29) is 11.8 Å². The first-order valence-electron chi connectivity index (χ1n) is 10.5. The van der Waals surface area contributed by atoms with Crippen LogP contribution in [0.1, 0.15) is 45.5 Å². The van der Waals surface area contributed by atoms with Crippen molar-refractivity contribution in [2.24, 2.45) is 5.92 Å². The molecule has 6 heteroatoms. The van der Waals surface area contributed by atoms with Crippen molar-refractivity contribution in [1.29, 1.82) is 0 Å². The van der Waals surface area contributed by atoms with Gasteiger partial charge in [-0.05, 0) is 73.4 Å². The molecule has 4 rings (SSSR count). The van der Waals surface area contributed by atoms with E-state index < -0.39 is 0 Å². The Hall–Kier alpha value is -3.12. The molecule has 3 aromatic rings. The molecule has 0 aliphatic carbocycles. The van der Waals surface area contributed by atoms with Gasteiger partial charge in [-0.1, -0.05) is 12.1 Å². The average Bonchev–Trinajstić information content (AvgIpc) is 3.24. The highest BCUT2D eigenvalue weighted by atomic mass is 16.5. The summed E-state index contributed by atoms with van der Waals surface area (Å²) in [5, 5.41) is 6.98. The summed E-state index contributed by atoms with van der Waals surface area (Å²) in [5.41, 5.74) is 3.56. The second-order valence-electron chi connectivity index (χ2n) is 7.89. The average molecular weight is 405 g/mol. The number of amides is 2. The van der Waals surface area contributed by atoms with Gasteiger partial charge in [0.25, 0.3) is 11.8 Å². The maximum Gasteiger partial charge on any atom is 0.255 e. The molecule has 6 nitrogen and oxygen atoms in total. The number of rotatable bonds is 6. The fourth-order valence-electron chi connectivity index (χ4n) is 3.81. The van der Waals surface area contributed by atoms with Gasteiger partial charge in [0.15, 0.2) is 0 Å². The third kappa shape index (κ3) is 4.71. The molecule has 30 heavy (non-hydrogen) atoms. The van der Waals surface area contributed by atoms with E-state index in [1.165, 1.54) is 0 Å². The highest BCUT2D eigenvalue weighted by Crippen LogP contribution is 2.20. The second kappa shape index (κ2) is 9.13. The van der Waals surface area contributed by atoms with Crippen LogP contribution in [0.5, 0.6) is 0 Å². The number of nitrogens with one attached hydrogen (secondary N) is 3. The molecule has 1 unspecified atom stereocenters. The fraction of sp³-hybridized carbons (Fsp3) is 0.333. The zero-order chi connectivity index (χ0) is 20.9. The normalized spacial score (nSPS) is 16.4. The molecule has 2 amide bonds. The Morgan fingerprint density at radius 3 is 2.77 bits per heavy atom. The summed E-state index contributed by atoms with van der Waals surface area (Å²) in [6.07, 6.45) is 5.02. The molecule has 1 atom stereocenters. The summed E-state index contributed by atoms with van der Waals surface area (Å²) in [7, 11) is 0. The third-order valence-corrected chi connectivity index (χ3v) is 5.66. The number of hydrogen-bond acceptors (Lipinski definition) is 3. The maximum absolute atomic E-state index is 12.7. The van der Waals surface area contributed by atoms with E-state index >= 15 is 0 Å². The Balaban J connectivity index is 1.39. The first kappa shape index (κ1) is 20.2. The van der Waals surface area contributed by atoms with Gasteiger partial charge >= 0.3 is 0 Å². The van der Waals surface area contributed by atoms with Gasteiger partial charge < -0.3 is 20.4 Å². The molecule has 1 aliphatic heterocycles. The van der Waals surface area contributed by atoms with Crippen molar-refractivity contribution in [1.82, 2.24) is 10.3 Å². The number of fused-ring (bicyclic) bond motifs is 1. The molecule has 156 valence electrons. The van der Waals surface area contributed by atoms with Crippen molar-refractivity contribution in [3.05, 3.63) is 65.4 Å². The first-order chi connectivity index (χ1) is 14.6. The number of carbonyl (C=O) groups excluding carboxylic acids is 2. The lowest BCUT2D eigenvalue weighted by molar-refractivity contribution is 0.0514. The number of hydrogen-bond donors (Lipinski definition) is 3. The minimum Gasteiger partial charge on any atom is -0.381 e. The molecule has 0 spiro atoms. The quantitative estimate of drug-likeness (QED) is 0.573. The third-order valence-electron chi connectivity index (χ3n) is 5.66. The van der Waals surface area contributed by atoms with Gasteiger partial charge in [0.2, 0.25) is 0 Å². The van der Waals surface area contributed by atoms with Gasteiger partial charge in [0.1, 0.15) is 0 Å². The standard InChI is InChI=1S/C24H27N3O3/c1-16-4-5-19(23(28)26-10-8-17-3-2-12-30-15-17)13-21(16)27-24(29)20-7-6-18-9-11-25-22(18)14-20/h4-7,9,11,13-14,17,25H,2-3,8,10,12,15H2,1H3,(H,26,28)(H,27,29). The van der Waals surface area contributed by atoms with Crippen LogP contribution >= 0.6 is 0 Å². The van der Waals surface area contributed by atoms with E-state index in [0.29, 0.717) is 29.3 Å². The van der Waals surface area contributed by atoms with Crippen molar-refractivity contribution >= 4 is 28.4 Å². The van der Waals surface area contributed by atoms with Gasteiger partial charge in [-0.3, -0.25) is 9.59 Å². The minimum absolute atomic E-state index is 0.130. The summed E-state index contributed by atoms with van der Waals surface area (Å²) in [6, 6.07) is 12.9. The minimum atomic E-state index is -0.204. The molecule has 1 fully saturated rings. The Labute approximate surface area is 176 Å². The van der Waals surface area contributed by atoms with E-state index in [1.807, 2.05) is 37.4 Å². The molecule has 3 N–H and O–H groups in total. The van der Waals surface area contributed by atoms with E-state index in [9.17, 15) is 9.59 Å². The van der Waals surface area contributed by atoms with E-state index in [1.54, 1.807) is 18.2 Å². The van der Waals surface area contributed by atoms with E-state index in [4.69, 9.17) is 4.74 Å². The number of benzene rings is 2. The topological polar surface area (TPSA) is 83.2 Å². The van der Waals surface area contributed by atoms with Crippen molar-refractivity contribution in [2.75, 3.05) is 25.1 Å². The summed E-state index contributed by atoms with van der Waals surface area (Å²) in [6.45, 7) is 4.16. The smallest absolute Gasteiger partial charge is 0.255 e. The van der Waals surface area contributed by atoms with Gasteiger partial charge in [0.05, 0.1) is 0 Å². The van der Waals surface area contributed by atoms with Crippen LogP contribution < -0.4 is 10.6 Å². The van der Waals surface area contributed by atoms with Gasteiger partial charge in [-0.25, -0.2) is 0 Å². The molecule has 2 heterocycles. The summed E-state index contributed by atoms with van der Waals surface area (Å²) in [4.78, 5) is 28.4. The van der Waals surface area contributed by atoms with E-state index in [0.717, 1.165) is 48.9 Å². The number of ether oxygens (including phenoxy) is 1. The van der Waals surface area contributed by atoms with Gasteiger partial charge in [0, 0.05) is 48.3 Å². The number of aromatic nitrogens is 1. The zero-order valence-corrected chi connectivity index (χ0v) is 17.2. The van der Waals surface area contributed by atoms with Crippen LogP contribution in [0.15, 0.2) is 48.7 Å². The van der Waals surface area contributed by atoms with Crippen molar-refractivity contribution in [3.8, 4) is 0 Å². The molecular weight excluding hydrogens is 378 g/mol. The van der Waals surface area contributed by atoms with Crippen LogP contribution in [0.25, 0.3) is 10.9 Å². The van der Waals surface area contributed by atoms with Gasteiger partial charge in [-0.15, -0.1) is 0 Å². The second-order valence-corrected chi connectivity index (χ2v) is 7.89. The predicted octanol–water partition coefficient (Wildman–Crippen LogP) is 4.28. The summed E-state index contributed by atoms with van der Waals surface area (Å²) >= 11 is 0. The Bertz CT molecular complexity index is 1050. The molecular formula is C24H27N3O3. The first-order valence-corrected chi connectivity index (χ1v) is 10.5. The Kier molecular flexibility index (Phi) is 6.14. The van der Waals surface area contributed by atoms with Crippen molar-refractivity contribution in [3.63, 3.8) is 0 Å². The lowest BCUT2D eigenvalue weighted by Crippen LogP contribution is -2.28. The largest absolute Gasteiger partial charge is 0.381 e. The summed E-state index contributed by atoms with van der Waals surface area (Å²) in [5.74, 6) is 0.184. The molecule has 1 saturated heterocycles. The molecule has 1 aliphatic rings. The van der Waals surface area contributed by atoms with Crippen LogP contribution in [-0.4, -0.2) is 36.6 Å². The SMILES string of the molecule is Cc1ccc(C(=O)NCCC2CCCOC2)cc1NC(=O)c1ccc2cc[nH]c2c1. The molecule has 0 bridgehead atoms. The van der Waals surface area contributed by atoms with Crippen LogP contribution in [0, 0.1) is 12.8 Å². The number of carbonyl (C=O) groups is 2. The number of anilines is 1. The predicted molar refractivity (Wildman–Crippen MR) is 118 cm³/mol. The monoisotopic (exact) mass is 405 g/mol. The maximum atomic E-state index is 12.7. The van der Waals surface area contributed by atoms with Crippen LogP contribution in [0.2, 0.25) is 0 Å². The number of aryl methyl sites for hydroxylation is 1. The molecule has 0 radical (unpaired) electrons. The van der Waals surface area contributed by atoms with Crippen LogP contribution in [0.3, 0.4) is 0 Å². The van der Waals surface area contributed by atoms with Gasteiger partial charge in [-0.2, -0.15) is 0 Å². The molecule has 0 saturated carbocycles. The lowest BCUT2D eigenvalue weighted by Gasteiger charge is -2.21. The van der Waals surface area contributed by atoms with Crippen LogP contribution in [0.4, 0.5) is 5.69 Å². The highest BCUT2D eigenvalue weighted by molar-refractivity contribution is 6.07. The van der Waals surface area contributed by atoms with Crippen molar-refractivity contribution < 1.29 is 14.3 Å². The zero-order valence-electron chi connectivity index (χ0n) is 17.2. The van der Waals surface area contributed by atoms with E-state index in [2.05, 4.69) is 15.6 Å². The Morgan fingerprint density at radius 2 is 1.93 bits per heavy atom.